The molecule has 1 amide bonds. The zero-order chi connectivity index (χ0) is 15.1. The number of hydrogen-bond acceptors (Lipinski definition) is 5. The number of amides is 1. The van der Waals surface area contributed by atoms with Gasteiger partial charge in [-0.2, -0.15) is 15.4 Å². The first kappa shape index (κ1) is 13.7. The number of H-pyrrole nitrogens is 1. The van der Waals surface area contributed by atoms with Crippen LogP contribution in [0.1, 0.15) is 60.6 Å². The third kappa shape index (κ3) is 2.20. The monoisotopic (exact) mass is 289 g/mol. The van der Waals surface area contributed by atoms with E-state index in [0.717, 1.165) is 11.6 Å². The SMILES string of the molecule is Cc1n[nH]nc1C(=O)N1Cc2nnc(C(C)C)n2[C@@H](C)C1. The number of carbonyl (C=O) groups excluding carboxylic acids is 1. The fourth-order valence-corrected chi connectivity index (χ4v) is 2.75. The van der Waals surface area contributed by atoms with Crippen LogP contribution >= 0.6 is 0 Å². The second-order valence-corrected chi connectivity index (χ2v) is 5.79. The summed E-state index contributed by atoms with van der Waals surface area (Å²) < 4.78 is 2.14. The number of hydrogen-bond donors (Lipinski definition) is 1. The normalized spacial score (nSPS) is 18.1. The third-order valence-corrected chi connectivity index (χ3v) is 3.78. The summed E-state index contributed by atoms with van der Waals surface area (Å²) in [6.07, 6.45) is 0. The van der Waals surface area contributed by atoms with Gasteiger partial charge in [0, 0.05) is 12.5 Å². The average Bonchev–Trinajstić information content (AvgIpc) is 3.04. The number of fused-ring (bicyclic) bond motifs is 1. The lowest BCUT2D eigenvalue weighted by Crippen LogP contribution is -2.41. The fourth-order valence-electron chi connectivity index (χ4n) is 2.75. The first-order chi connectivity index (χ1) is 9.99. The summed E-state index contributed by atoms with van der Waals surface area (Å²) in [6.45, 7) is 9.11. The van der Waals surface area contributed by atoms with Crippen LogP contribution in [0.5, 0.6) is 0 Å². The molecule has 0 saturated carbocycles. The number of carbonyl (C=O) groups is 1. The van der Waals surface area contributed by atoms with Crippen molar-refractivity contribution in [2.45, 2.75) is 46.2 Å². The van der Waals surface area contributed by atoms with E-state index < -0.39 is 0 Å². The summed E-state index contributed by atoms with van der Waals surface area (Å²) in [5.74, 6) is 2.00. The number of nitrogens with zero attached hydrogens (tertiary/aromatic N) is 6. The first-order valence-corrected chi connectivity index (χ1v) is 7.09. The Balaban J connectivity index is 1.89. The fraction of sp³-hybridized carbons (Fsp3) is 0.615. The summed E-state index contributed by atoms with van der Waals surface area (Å²) >= 11 is 0. The molecule has 2 aromatic heterocycles. The second-order valence-electron chi connectivity index (χ2n) is 5.79. The quantitative estimate of drug-likeness (QED) is 0.892. The minimum Gasteiger partial charge on any atom is -0.328 e. The minimum atomic E-state index is -0.117. The van der Waals surface area contributed by atoms with Crippen molar-refractivity contribution in [1.82, 2.24) is 35.1 Å². The molecule has 0 fully saturated rings. The largest absolute Gasteiger partial charge is 0.328 e. The Morgan fingerprint density at radius 3 is 2.71 bits per heavy atom. The highest BCUT2D eigenvalue weighted by molar-refractivity contribution is 5.93. The van der Waals surface area contributed by atoms with Gasteiger partial charge in [0.25, 0.3) is 5.91 Å². The van der Waals surface area contributed by atoms with Crippen molar-refractivity contribution < 1.29 is 4.79 Å². The molecule has 3 rings (SSSR count). The van der Waals surface area contributed by atoms with Gasteiger partial charge in [-0.15, -0.1) is 10.2 Å². The van der Waals surface area contributed by atoms with Crippen molar-refractivity contribution in [2.24, 2.45) is 0 Å². The molecule has 0 saturated heterocycles. The number of rotatable bonds is 2. The maximum Gasteiger partial charge on any atom is 0.276 e. The van der Waals surface area contributed by atoms with E-state index in [0.29, 0.717) is 30.4 Å². The van der Waals surface area contributed by atoms with Gasteiger partial charge < -0.3 is 9.47 Å². The van der Waals surface area contributed by atoms with Crippen molar-refractivity contribution >= 4 is 5.91 Å². The smallest absolute Gasteiger partial charge is 0.276 e. The number of aromatic nitrogens is 6. The Hall–Kier alpha value is -2.25. The lowest BCUT2D eigenvalue weighted by atomic mass is 10.1. The van der Waals surface area contributed by atoms with Crippen LogP contribution in [-0.2, 0) is 6.54 Å². The van der Waals surface area contributed by atoms with E-state index in [9.17, 15) is 4.79 Å². The van der Waals surface area contributed by atoms with Gasteiger partial charge in [0.05, 0.1) is 18.3 Å². The molecule has 8 nitrogen and oxygen atoms in total. The molecule has 0 unspecified atom stereocenters. The number of nitrogens with one attached hydrogen (secondary N) is 1. The van der Waals surface area contributed by atoms with Gasteiger partial charge in [0.1, 0.15) is 5.82 Å². The van der Waals surface area contributed by atoms with Gasteiger partial charge in [-0.1, -0.05) is 13.8 Å². The average molecular weight is 289 g/mol. The van der Waals surface area contributed by atoms with Crippen LogP contribution in [0.25, 0.3) is 0 Å². The van der Waals surface area contributed by atoms with Crippen molar-refractivity contribution in [1.29, 1.82) is 0 Å². The van der Waals surface area contributed by atoms with Crippen molar-refractivity contribution in [3.63, 3.8) is 0 Å². The molecule has 1 aliphatic rings. The molecule has 1 atom stereocenters. The molecular weight excluding hydrogens is 270 g/mol. The lowest BCUT2D eigenvalue weighted by Gasteiger charge is -2.32. The van der Waals surface area contributed by atoms with Crippen LogP contribution in [0.15, 0.2) is 0 Å². The van der Waals surface area contributed by atoms with Crippen LogP contribution in [-0.4, -0.2) is 47.5 Å². The zero-order valence-corrected chi connectivity index (χ0v) is 12.7. The van der Waals surface area contributed by atoms with Gasteiger partial charge in [0.2, 0.25) is 0 Å². The molecule has 21 heavy (non-hydrogen) atoms. The summed E-state index contributed by atoms with van der Waals surface area (Å²) in [6, 6.07) is 0.150. The Bertz CT molecular complexity index is 672. The number of aryl methyl sites for hydroxylation is 1. The van der Waals surface area contributed by atoms with E-state index in [1.54, 1.807) is 11.8 Å². The Morgan fingerprint density at radius 1 is 1.33 bits per heavy atom. The Kier molecular flexibility index (Phi) is 3.23. The molecule has 0 aromatic carbocycles. The van der Waals surface area contributed by atoms with E-state index in [-0.39, 0.29) is 11.9 Å². The third-order valence-electron chi connectivity index (χ3n) is 3.78. The molecule has 2 aromatic rings. The summed E-state index contributed by atoms with van der Waals surface area (Å²) in [5, 5.41) is 18.8. The van der Waals surface area contributed by atoms with E-state index in [1.165, 1.54) is 0 Å². The topological polar surface area (TPSA) is 92.6 Å². The van der Waals surface area contributed by atoms with E-state index in [4.69, 9.17) is 0 Å². The van der Waals surface area contributed by atoms with Gasteiger partial charge in [0.15, 0.2) is 11.5 Å². The predicted molar refractivity (Wildman–Crippen MR) is 74.7 cm³/mol. The van der Waals surface area contributed by atoms with Crippen molar-refractivity contribution in [2.75, 3.05) is 6.54 Å². The highest BCUT2D eigenvalue weighted by Crippen LogP contribution is 2.25. The molecule has 0 bridgehead atoms. The zero-order valence-electron chi connectivity index (χ0n) is 12.7. The summed E-state index contributed by atoms with van der Waals surface area (Å²) in [7, 11) is 0. The number of aromatic amines is 1. The molecule has 1 N–H and O–H groups in total. The first-order valence-electron chi connectivity index (χ1n) is 7.09. The van der Waals surface area contributed by atoms with Crippen LogP contribution in [0.3, 0.4) is 0 Å². The standard InChI is InChI=1S/C13H19N7O/c1-7(2)12-17-15-10-6-19(5-8(3)20(10)12)13(21)11-9(4)14-18-16-11/h7-8H,5-6H2,1-4H3,(H,14,16,18)/t8-/m0/s1. The molecule has 0 aliphatic carbocycles. The minimum absolute atomic E-state index is 0.117. The van der Waals surface area contributed by atoms with Crippen molar-refractivity contribution in [3.05, 3.63) is 23.0 Å². The van der Waals surface area contributed by atoms with Crippen LogP contribution < -0.4 is 0 Å². The van der Waals surface area contributed by atoms with Crippen molar-refractivity contribution in [3.8, 4) is 0 Å². The van der Waals surface area contributed by atoms with Gasteiger partial charge in [-0.05, 0) is 13.8 Å². The van der Waals surface area contributed by atoms with Gasteiger partial charge >= 0.3 is 0 Å². The summed E-state index contributed by atoms with van der Waals surface area (Å²) in [4.78, 5) is 14.3. The van der Waals surface area contributed by atoms with Crippen LogP contribution in [0.2, 0.25) is 0 Å². The van der Waals surface area contributed by atoms with E-state index >= 15 is 0 Å². The molecular formula is C13H19N7O. The molecule has 3 heterocycles. The highest BCUT2D eigenvalue weighted by atomic mass is 16.2. The molecule has 112 valence electrons. The maximum atomic E-state index is 12.5. The van der Waals surface area contributed by atoms with Crippen LogP contribution in [0.4, 0.5) is 0 Å². The van der Waals surface area contributed by atoms with Gasteiger partial charge in [-0.3, -0.25) is 4.79 Å². The molecule has 8 heteroatoms. The highest BCUT2D eigenvalue weighted by Gasteiger charge is 2.31. The maximum absolute atomic E-state index is 12.5. The molecule has 0 spiro atoms. The van der Waals surface area contributed by atoms with E-state index in [2.05, 4.69) is 50.9 Å². The summed E-state index contributed by atoms with van der Waals surface area (Å²) in [5.41, 5.74) is 0.988. The van der Waals surface area contributed by atoms with Crippen LogP contribution in [0, 0.1) is 6.92 Å². The van der Waals surface area contributed by atoms with Gasteiger partial charge in [-0.25, -0.2) is 0 Å². The molecule has 1 aliphatic heterocycles. The lowest BCUT2D eigenvalue weighted by molar-refractivity contribution is 0.0672. The Morgan fingerprint density at radius 2 is 2.10 bits per heavy atom. The predicted octanol–water partition coefficient (Wildman–Crippen LogP) is 1.05. The Labute approximate surface area is 122 Å². The second kappa shape index (κ2) is 4.94. The van der Waals surface area contributed by atoms with E-state index in [1.807, 2.05) is 0 Å². The molecule has 0 radical (unpaired) electrons.